The maximum atomic E-state index is 11.9. The van der Waals surface area contributed by atoms with Crippen LogP contribution in [0.3, 0.4) is 0 Å². The van der Waals surface area contributed by atoms with E-state index in [0.29, 0.717) is 12.1 Å². The summed E-state index contributed by atoms with van der Waals surface area (Å²) < 4.78 is 25.0. The molecule has 5 nitrogen and oxygen atoms in total. The molecule has 1 rings (SSSR count). The Balaban J connectivity index is 2.90. The summed E-state index contributed by atoms with van der Waals surface area (Å²) in [7, 11) is -1.85. The number of unbranched alkanes of at least 4 members (excludes halogenated alkanes) is 1. The second kappa shape index (κ2) is 5.86. The van der Waals surface area contributed by atoms with Crippen LogP contribution in [0.1, 0.15) is 30.1 Å². The summed E-state index contributed by atoms with van der Waals surface area (Å²) in [6, 6.07) is 5.77. The molecule has 1 aromatic carbocycles. The Morgan fingerprint density at radius 3 is 2.28 bits per heavy atom. The van der Waals surface area contributed by atoms with Crippen LogP contribution in [-0.2, 0) is 10.0 Å². The number of carbonyl (C=O) groups is 1. The number of carboxylic acids is 1. The predicted molar refractivity (Wildman–Crippen MR) is 70.5 cm³/mol. The van der Waals surface area contributed by atoms with E-state index in [9.17, 15) is 13.2 Å². The van der Waals surface area contributed by atoms with Crippen LogP contribution in [0.4, 0.5) is 5.69 Å². The van der Waals surface area contributed by atoms with Gasteiger partial charge in [0.2, 0.25) is 10.0 Å². The summed E-state index contributed by atoms with van der Waals surface area (Å²) in [5.74, 6) is -0.932. The van der Waals surface area contributed by atoms with Gasteiger partial charge in [-0.3, -0.25) is 4.31 Å². The number of sulfonamides is 1. The fourth-order valence-electron chi connectivity index (χ4n) is 1.44. The lowest BCUT2D eigenvalue weighted by Gasteiger charge is -2.19. The fraction of sp³-hybridized carbons (Fsp3) is 0.417. The van der Waals surface area contributed by atoms with Gasteiger partial charge in [0.1, 0.15) is 0 Å². The second-order valence-corrected chi connectivity index (χ2v) is 6.11. The van der Waals surface area contributed by atoms with Crippen LogP contribution in [0.5, 0.6) is 0 Å². The van der Waals surface area contributed by atoms with Gasteiger partial charge in [0.15, 0.2) is 0 Å². The third-order valence-electron chi connectivity index (χ3n) is 2.65. The van der Waals surface area contributed by atoms with Crippen molar-refractivity contribution < 1.29 is 18.3 Å². The Morgan fingerprint density at radius 2 is 1.83 bits per heavy atom. The molecule has 18 heavy (non-hydrogen) atoms. The monoisotopic (exact) mass is 271 g/mol. The van der Waals surface area contributed by atoms with Crippen LogP contribution in [-0.4, -0.2) is 32.3 Å². The van der Waals surface area contributed by atoms with Gasteiger partial charge in [0, 0.05) is 7.05 Å². The molecule has 0 spiro atoms. The molecule has 1 aromatic rings. The van der Waals surface area contributed by atoms with Gasteiger partial charge in [-0.1, -0.05) is 13.3 Å². The summed E-state index contributed by atoms with van der Waals surface area (Å²) in [6.45, 7) is 1.93. The first-order valence-corrected chi connectivity index (χ1v) is 7.29. The summed E-state index contributed by atoms with van der Waals surface area (Å²) in [6.07, 6.45) is 1.42. The third kappa shape index (κ3) is 3.46. The first kappa shape index (κ1) is 14.5. The molecule has 6 heteroatoms. The Labute approximate surface area is 107 Å². The lowest BCUT2D eigenvalue weighted by molar-refractivity contribution is 0.0697. The highest BCUT2D eigenvalue weighted by molar-refractivity contribution is 7.92. The molecule has 0 unspecified atom stereocenters. The first-order valence-electron chi connectivity index (χ1n) is 5.68. The predicted octanol–water partition coefficient (Wildman–Crippen LogP) is 1.95. The number of anilines is 1. The van der Waals surface area contributed by atoms with Crippen molar-refractivity contribution in [2.45, 2.75) is 19.8 Å². The lowest BCUT2D eigenvalue weighted by atomic mass is 10.2. The van der Waals surface area contributed by atoms with Crippen LogP contribution in [0.2, 0.25) is 0 Å². The van der Waals surface area contributed by atoms with Crippen molar-refractivity contribution in [1.29, 1.82) is 0 Å². The molecular weight excluding hydrogens is 254 g/mol. The quantitative estimate of drug-likeness (QED) is 0.858. The minimum atomic E-state index is -3.32. The molecule has 0 amide bonds. The molecule has 0 saturated carbocycles. The second-order valence-electron chi connectivity index (χ2n) is 3.99. The number of hydrogen-bond donors (Lipinski definition) is 1. The van der Waals surface area contributed by atoms with Gasteiger partial charge < -0.3 is 5.11 Å². The van der Waals surface area contributed by atoms with Gasteiger partial charge >= 0.3 is 5.97 Å². The number of benzene rings is 1. The van der Waals surface area contributed by atoms with Gasteiger partial charge in [-0.25, -0.2) is 13.2 Å². The van der Waals surface area contributed by atoms with E-state index in [2.05, 4.69) is 0 Å². The van der Waals surface area contributed by atoms with Gasteiger partial charge in [-0.05, 0) is 30.7 Å². The molecule has 0 aliphatic heterocycles. The molecule has 0 saturated heterocycles. The van der Waals surface area contributed by atoms with Crippen LogP contribution >= 0.6 is 0 Å². The Bertz CT molecular complexity index is 507. The number of aromatic carboxylic acids is 1. The first-order chi connectivity index (χ1) is 8.38. The maximum Gasteiger partial charge on any atom is 0.335 e. The van der Waals surface area contributed by atoms with E-state index in [4.69, 9.17) is 5.11 Å². The van der Waals surface area contributed by atoms with Gasteiger partial charge in [0.25, 0.3) is 0 Å². The number of nitrogens with zero attached hydrogens (tertiary/aromatic N) is 1. The van der Waals surface area contributed by atoms with Crippen molar-refractivity contribution in [3.63, 3.8) is 0 Å². The molecule has 1 N–H and O–H groups in total. The Kier molecular flexibility index (Phi) is 4.72. The van der Waals surface area contributed by atoms with Crippen molar-refractivity contribution in [2.75, 3.05) is 17.1 Å². The minimum Gasteiger partial charge on any atom is -0.478 e. The van der Waals surface area contributed by atoms with E-state index in [1.807, 2.05) is 6.92 Å². The zero-order valence-electron chi connectivity index (χ0n) is 10.5. The van der Waals surface area contributed by atoms with E-state index < -0.39 is 16.0 Å². The highest BCUT2D eigenvalue weighted by Gasteiger charge is 2.17. The molecule has 0 fully saturated rings. The Hall–Kier alpha value is -1.56. The van der Waals surface area contributed by atoms with Gasteiger partial charge in [0.05, 0.1) is 17.0 Å². The standard InChI is InChI=1S/C12H17NO4S/c1-3-4-9-18(16,17)13(2)11-7-5-10(6-8-11)12(14)15/h5-8H,3-4,9H2,1-2H3,(H,14,15). The molecule has 100 valence electrons. The smallest absolute Gasteiger partial charge is 0.335 e. The molecule has 0 bridgehead atoms. The fourth-order valence-corrected chi connectivity index (χ4v) is 2.81. The van der Waals surface area contributed by atoms with Crippen molar-refractivity contribution in [1.82, 2.24) is 0 Å². The van der Waals surface area contributed by atoms with E-state index >= 15 is 0 Å². The molecule has 0 radical (unpaired) electrons. The van der Waals surface area contributed by atoms with Gasteiger partial charge in [-0.2, -0.15) is 0 Å². The van der Waals surface area contributed by atoms with Crippen molar-refractivity contribution >= 4 is 21.7 Å². The topological polar surface area (TPSA) is 74.7 Å². The molecule has 0 aliphatic rings. The normalized spacial score (nSPS) is 11.2. The van der Waals surface area contributed by atoms with Crippen LogP contribution in [0.25, 0.3) is 0 Å². The summed E-state index contributed by atoms with van der Waals surface area (Å²) in [5, 5.41) is 8.76. The van der Waals surface area contributed by atoms with Crippen LogP contribution in [0.15, 0.2) is 24.3 Å². The number of rotatable bonds is 6. The average molecular weight is 271 g/mol. The molecule has 0 atom stereocenters. The largest absolute Gasteiger partial charge is 0.478 e. The molecule has 0 heterocycles. The highest BCUT2D eigenvalue weighted by Crippen LogP contribution is 2.18. The third-order valence-corrected chi connectivity index (χ3v) is 4.50. The SMILES string of the molecule is CCCCS(=O)(=O)N(C)c1ccc(C(=O)O)cc1. The molecule has 0 aromatic heterocycles. The summed E-state index contributed by atoms with van der Waals surface area (Å²) in [5.41, 5.74) is 0.606. The maximum absolute atomic E-state index is 11.9. The van der Waals surface area contributed by atoms with Crippen molar-refractivity contribution in [2.24, 2.45) is 0 Å². The highest BCUT2D eigenvalue weighted by atomic mass is 32.2. The number of carboxylic acid groups (broad SMARTS) is 1. The van der Waals surface area contributed by atoms with Crippen molar-refractivity contribution in [3.8, 4) is 0 Å². The lowest BCUT2D eigenvalue weighted by Crippen LogP contribution is -2.28. The zero-order chi connectivity index (χ0) is 13.8. The van der Waals surface area contributed by atoms with Crippen LogP contribution in [0, 0.1) is 0 Å². The Morgan fingerprint density at radius 1 is 1.28 bits per heavy atom. The molecule has 0 aliphatic carbocycles. The number of hydrogen-bond acceptors (Lipinski definition) is 3. The summed E-state index contributed by atoms with van der Waals surface area (Å²) in [4.78, 5) is 10.7. The molecular formula is C12H17NO4S. The minimum absolute atomic E-state index is 0.0979. The van der Waals surface area contributed by atoms with E-state index in [1.165, 1.54) is 35.6 Å². The average Bonchev–Trinajstić information content (AvgIpc) is 2.35. The van der Waals surface area contributed by atoms with Crippen molar-refractivity contribution in [3.05, 3.63) is 29.8 Å². The summed E-state index contributed by atoms with van der Waals surface area (Å²) >= 11 is 0. The van der Waals surface area contributed by atoms with Gasteiger partial charge in [-0.15, -0.1) is 0 Å². The van der Waals surface area contributed by atoms with Crippen LogP contribution < -0.4 is 4.31 Å². The van der Waals surface area contributed by atoms with E-state index in [-0.39, 0.29) is 11.3 Å². The van der Waals surface area contributed by atoms with E-state index in [1.54, 1.807) is 0 Å². The zero-order valence-corrected chi connectivity index (χ0v) is 11.3. The van der Waals surface area contributed by atoms with E-state index in [0.717, 1.165) is 6.42 Å².